The number of hydrogen-bond donors (Lipinski definition) is 1. The highest BCUT2D eigenvalue weighted by Gasteiger charge is 1.94. The van der Waals surface area contributed by atoms with Crippen LogP contribution in [0.4, 0.5) is 0 Å². The summed E-state index contributed by atoms with van der Waals surface area (Å²) < 4.78 is 10.2. The first kappa shape index (κ1) is 10.0. The molecule has 1 N–H and O–H groups in total. The van der Waals surface area contributed by atoms with Crippen molar-refractivity contribution in [2.75, 3.05) is 13.2 Å². The summed E-state index contributed by atoms with van der Waals surface area (Å²) in [6, 6.07) is 9.50. The molecule has 0 amide bonds. The van der Waals surface area contributed by atoms with Crippen molar-refractivity contribution in [3.8, 4) is 5.75 Å². The topological polar surface area (TPSA) is 38.7 Å². The maximum absolute atomic E-state index is 8.77. The number of ether oxygens (including phenoxy) is 2. The fourth-order valence-corrected chi connectivity index (χ4v) is 0.895. The first-order valence-electron chi connectivity index (χ1n) is 4.26. The Morgan fingerprint density at radius 1 is 1.23 bits per heavy atom. The molecular weight excluding hydrogens is 168 g/mol. The summed E-state index contributed by atoms with van der Waals surface area (Å²) in [5, 5.41) is 8.77. The van der Waals surface area contributed by atoms with Crippen molar-refractivity contribution in [3.05, 3.63) is 30.3 Å². The van der Waals surface area contributed by atoms with Crippen LogP contribution in [0.3, 0.4) is 0 Å². The van der Waals surface area contributed by atoms with E-state index in [0.29, 0.717) is 13.2 Å². The summed E-state index contributed by atoms with van der Waals surface area (Å²) >= 11 is 0. The van der Waals surface area contributed by atoms with Gasteiger partial charge in [0.1, 0.15) is 12.4 Å². The van der Waals surface area contributed by atoms with Crippen LogP contribution in [0.25, 0.3) is 0 Å². The molecule has 0 heterocycles. The molecule has 0 aromatic heterocycles. The predicted molar refractivity (Wildman–Crippen MR) is 49.6 cm³/mol. The van der Waals surface area contributed by atoms with Crippen molar-refractivity contribution in [2.24, 2.45) is 0 Å². The van der Waals surface area contributed by atoms with E-state index in [0.717, 1.165) is 5.75 Å². The minimum Gasteiger partial charge on any atom is -0.491 e. The summed E-state index contributed by atoms with van der Waals surface area (Å²) in [5.74, 6) is 0.816. The average Bonchev–Trinajstić information content (AvgIpc) is 2.14. The van der Waals surface area contributed by atoms with Crippen LogP contribution >= 0.6 is 0 Å². The maximum atomic E-state index is 8.77. The molecule has 0 fully saturated rings. The van der Waals surface area contributed by atoms with Crippen molar-refractivity contribution in [1.29, 1.82) is 0 Å². The van der Waals surface area contributed by atoms with E-state index in [2.05, 4.69) is 0 Å². The van der Waals surface area contributed by atoms with Gasteiger partial charge in [-0.15, -0.1) is 0 Å². The highest BCUT2D eigenvalue weighted by atomic mass is 16.6. The third-order valence-corrected chi connectivity index (χ3v) is 1.45. The van der Waals surface area contributed by atoms with Crippen molar-refractivity contribution in [1.82, 2.24) is 0 Å². The van der Waals surface area contributed by atoms with Crippen LogP contribution in [0.5, 0.6) is 5.75 Å². The Balaban J connectivity index is 2.13. The molecule has 0 aliphatic rings. The third-order valence-electron chi connectivity index (χ3n) is 1.45. The molecule has 1 rings (SSSR count). The molecule has 0 bridgehead atoms. The van der Waals surface area contributed by atoms with Crippen LogP contribution in [0.1, 0.15) is 6.92 Å². The Kier molecular flexibility index (Phi) is 4.29. The first-order valence-corrected chi connectivity index (χ1v) is 4.26. The van der Waals surface area contributed by atoms with Crippen molar-refractivity contribution >= 4 is 0 Å². The van der Waals surface area contributed by atoms with Gasteiger partial charge in [0.15, 0.2) is 6.29 Å². The highest BCUT2D eigenvalue weighted by Crippen LogP contribution is 2.07. The minimum atomic E-state index is -0.723. The summed E-state index contributed by atoms with van der Waals surface area (Å²) in [7, 11) is 0. The summed E-state index contributed by atoms with van der Waals surface area (Å²) in [6.45, 7) is 2.42. The third kappa shape index (κ3) is 4.50. The smallest absolute Gasteiger partial charge is 0.151 e. The number of rotatable bonds is 5. The van der Waals surface area contributed by atoms with Crippen molar-refractivity contribution < 1.29 is 14.6 Å². The fourth-order valence-electron chi connectivity index (χ4n) is 0.895. The molecule has 1 aromatic rings. The van der Waals surface area contributed by atoms with E-state index in [1.807, 2.05) is 30.3 Å². The fraction of sp³-hybridized carbons (Fsp3) is 0.400. The van der Waals surface area contributed by atoms with E-state index in [4.69, 9.17) is 14.6 Å². The van der Waals surface area contributed by atoms with Gasteiger partial charge in [0.25, 0.3) is 0 Å². The molecule has 0 saturated carbocycles. The van der Waals surface area contributed by atoms with Gasteiger partial charge >= 0.3 is 0 Å². The Morgan fingerprint density at radius 2 is 1.92 bits per heavy atom. The van der Waals surface area contributed by atoms with Gasteiger partial charge in [-0.3, -0.25) is 0 Å². The normalized spacial score (nSPS) is 12.5. The molecule has 0 aliphatic carbocycles. The monoisotopic (exact) mass is 182 g/mol. The molecule has 1 aromatic carbocycles. The second-order valence-electron chi connectivity index (χ2n) is 2.63. The van der Waals surface area contributed by atoms with Gasteiger partial charge in [0.05, 0.1) is 6.61 Å². The van der Waals surface area contributed by atoms with Gasteiger partial charge in [-0.1, -0.05) is 18.2 Å². The van der Waals surface area contributed by atoms with Gasteiger partial charge in [-0.05, 0) is 19.1 Å². The van der Waals surface area contributed by atoms with E-state index in [1.165, 1.54) is 0 Å². The van der Waals surface area contributed by atoms with Gasteiger partial charge < -0.3 is 14.6 Å². The lowest BCUT2D eigenvalue weighted by Crippen LogP contribution is -2.13. The molecule has 0 spiro atoms. The zero-order valence-corrected chi connectivity index (χ0v) is 7.64. The zero-order chi connectivity index (χ0) is 9.52. The Labute approximate surface area is 77.9 Å². The molecule has 1 unspecified atom stereocenters. The lowest BCUT2D eigenvalue weighted by Gasteiger charge is -2.08. The molecule has 3 nitrogen and oxygen atoms in total. The SMILES string of the molecule is CC(O)OCCOc1ccccc1. The number of benzene rings is 1. The molecule has 13 heavy (non-hydrogen) atoms. The molecule has 3 heteroatoms. The van der Waals surface area contributed by atoms with Crippen LogP contribution in [-0.4, -0.2) is 24.6 Å². The molecule has 0 radical (unpaired) electrons. The molecule has 1 atom stereocenters. The van der Waals surface area contributed by atoms with Crippen molar-refractivity contribution in [3.63, 3.8) is 0 Å². The van der Waals surface area contributed by atoms with Crippen LogP contribution in [0.2, 0.25) is 0 Å². The first-order chi connectivity index (χ1) is 6.29. The summed E-state index contributed by atoms with van der Waals surface area (Å²) in [6.07, 6.45) is -0.723. The Hall–Kier alpha value is -1.06. The Bertz CT molecular complexity index is 221. The van der Waals surface area contributed by atoms with E-state index >= 15 is 0 Å². The van der Waals surface area contributed by atoms with E-state index in [1.54, 1.807) is 6.92 Å². The van der Waals surface area contributed by atoms with Crippen LogP contribution in [0, 0.1) is 0 Å². The summed E-state index contributed by atoms with van der Waals surface area (Å²) in [4.78, 5) is 0. The van der Waals surface area contributed by atoms with E-state index < -0.39 is 6.29 Å². The highest BCUT2D eigenvalue weighted by molar-refractivity contribution is 5.20. The minimum absolute atomic E-state index is 0.395. The van der Waals surface area contributed by atoms with Crippen LogP contribution in [0.15, 0.2) is 30.3 Å². The summed E-state index contributed by atoms with van der Waals surface area (Å²) in [5.41, 5.74) is 0. The number of hydrogen-bond acceptors (Lipinski definition) is 3. The largest absolute Gasteiger partial charge is 0.491 e. The van der Waals surface area contributed by atoms with Gasteiger partial charge in [0, 0.05) is 0 Å². The number of aliphatic hydroxyl groups excluding tert-OH is 1. The van der Waals surface area contributed by atoms with E-state index in [9.17, 15) is 0 Å². The molecule has 0 aliphatic heterocycles. The second kappa shape index (κ2) is 5.56. The Morgan fingerprint density at radius 3 is 2.54 bits per heavy atom. The lowest BCUT2D eigenvalue weighted by atomic mass is 10.3. The molecule has 0 saturated heterocycles. The van der Waals surface area contributed by atoms with Crippen LogP contribution in [-0.2, 0) is 4.74 Å². The molecule has 72 valence electrons. The quantitative estimate of drug-likeness (QED) is 0.553. The van der Waals surface area contributed by atoms with E-state index in [-0.39, 0.29) is 0 Å². The lowest BCUT2D eigenvalue weighted by molar-refractivity contribution is -0.0913. The standard InChI is InChI=1S/C10H14O3/c1-9(11)12-7-8-13-10-5-3-2-4-6-10/h2-6,9,11H,7-8H2,1H3. The number of para-hydroxylation sites is 1. The van der Waals surface area contributed by atoms with Gasteiger partial charge in [-0.2, -0.15) is 0 Å². The van der Waals surface area contributed by atoms with Gasteiger partial charge in [-0.25, -0.2) is 0 Å². The van der Waals surface area contributed by atoms with Crippen molar-refractivity contribution in [2.45, 2.75) is 13.2 Å². The molecular formula is C10H14O3. The van der Waals surface area contributed by atoms with Crippen LogP contribution < -0.4 is 4.74 Å². The average molecular weight is 182 g/mol. The predicted octanol–water partition coefficient (Wildman–Crippen LogP) is 1.42. The maximum Gasteiger partial charge on any atom is 0.151 e. The van der Waals surface area contributed by atoms with Gasteiger partial charge in [0.2, 0.25) is 0 Å². The number of aliphatic hydroxyl groups is 1. The second-order valence-corrected chi connectivity index (χ2v) is 2.63. The zero-order valence-electron chi connectivity index (χ0n) is 7.64.